The van der Waals surface area contributed by atoms with Crippen LogP contribution in [-0.4, -0.2) is 18.8 Å². The van der Waals surface area contributed by atoms with Crippen molar-refractivity contribution in [1.29, 1.82) is 0 Å². The second-order valence-electron chi connectivity index (χ2n) is 3.46. The van der Waals surface area contributed by atoms with Crippen molar-refractivity contribution in [1.82, 2.24) is 0 Å². The predicted molar refractivity (Wildman–Crippen MR) is 51.0 cm³/mol. The molecule has 2 N–H and O–H groups in total. The van der Waals surface area contributed by atoms with Crippen LogP contribution in [0.3, 0.4) is 0 Å². The number of hydrogen-bond donors (Lipinski definition) is 1. The summed E-state index contributed by atoms with van der Waals surface area (Å²) in [5, 5.41) is 0. The molecule has 70 valence electrons. The van der Waals surface area contributed by atoms with Crippen LogP contribution < -0.4 is 5.73 Å². The maximum atomic E-state index is 5.96. The van der Waals surface area contributed by atoms with Crippen molar-refractivity contribution in [3.8, 4) is 0 Å². The first kappa shape index (κ1) is 9.75. The average molecular weight is 169 g/mol. The van der Waals surface area contributed by atoms with Crippen LogP contribution in [0.2, 0.25) is 0 Å². The van der Waals surface area contributed by atoms with Gasteiger partial charge in [0.05, 0.1) is 12.7 Å². The van der Waals surface area contributed by atoms with Crippen LogP contribution in [0.4, 0.5) is 0 Å². The van der Waals surface area contributed by atoms with Crippen LogP contribution in [0.5, 0.6) is 0 Å². The van der Waals surface area contributed by atoms with Gasteiger partial charge in [-0.15, -0.1) is 6.58 Å². The third-order valence-corrected chi connectivity index (χ3v) is 2.43. The van der Waals surface area contributed by atoms with Crippen molar-refractivity contribution in [3.63, 3.8) is 0 Å². The van der Waals surface area contributed by atoms with E-state index in [0.29, 0.717) is 6.61 Å². The molecule has 0 radical (unpaired) electrons. The Balaban J connectivity index is 2.31. The van der Waals surface area contributed by atoms with Gasteiger partial charge in [0.2, 0.25) is 0 Å². The van der Waals surface area contributed by atoms with Crippen molar-refractivity contribution in [2.75, 3.05) is 6.61 Å². The highest BCUT2D eigenvalue weighted by molar-refractivity contribution is 4.78. The lowest BCUT2D eigenvalue weighted by molar-refractivity contribution is 0.0500. The van der Waals surface area contributed by atoms with E-state index in [4.69, 9.17) is 10.5 Å². The Hall–Kier alpha value is -0.340. The fraction of sp³-hybridized carbons (Fsp3) is 0.800. The number of ether oxygens (including phenoxy) is 1. The molecule has 1 rings (SSSR count). The minimum absolute atomic E-state index is 0.243. The van der Waals surface area contributed by atoms with Crippen molar-refractivity contribution >= 4 is 0 Å². The van der Waals surface area contributed by atoms with E-state index in [1.165, 1.54) is 19.3 Å². The molecular weight excluding hydrogens is 150 g/mol. The first-order valence-electron chi connectivity index (χ1n) is 4.82. The largest absolute Gasteiger partial charge is 0.373 e. The Morgan fingerprint density at radius 1 is 1.33 bits per heavy atom. The Morgan fingerprint density at radius 3 is 2.83 bits per heavy atom. The Labute approximate surface area is 74.8 Å². The summed E-state index contributed by atoms with van der Waals surface area (Å²) in [5.74, 6) is 0. The van der Waals surface area contributed by atoms with E-state index in [0.717, 1.165) is 12.8 Å². The Morgan fingerprint density at radius 2 is 2.08 bits per heavy atom. The molecule has 0 bridgehead atoms. The highest BCUT2D eigenvalue weighted by atomic mass is 16.5. The molecule has 2 nitrogen and oxygen atoms in total. The minimum atomic E-state index is 0.243. The molecular formula is C10H19NO. The van der Waals surface area contributed by atoms with E-state index in [1.54, 1.807) is 6.08 Å². The molecule has 0 aromatic heterocycles. The summed E-state index contributed by atoms with van der Waals surface area (Å²) in [6.45, 7) is 4.27. The number of nitrogens with two attached hydrogens (primary N) is 1. The molecule has 1 fully saturated rings. The van der Waals surface area contributed by atoms with Gasteiger partial charge in [0.15, 0.2) is 0 Å². The second kappa shape index (κ2) is 5.33. The molecule has 12 heavy (non-hydrogen) atoms. The molecule has 2 atom stereocenters. The predicted octanol–water partition coefficient (Wildman–Crippen LogP) is 1.85. The maximum absolute atomic E-state index is 5.96. The van der Waals surface area contributed by atoms with Gasteiger partial charge in [0.25, 0.3) is 0 Å². The zero-order valence-electron chi connectivity index (χ0n) is 7.67. The summed E-state index contributed by atoms with van der Waals surface area (Å²) in [6, 6.07) is 0.243. The minimum Gasteiger partial charge on any atom is -0.373 e. The molecule has 0 saturated heterocycles. The van der Waals surface area contributed by atoms with Crippen LogP contribution in [0.15, 0.2) is 12.7 Å². The maximum Gasteiger partial charge on any atom is 0.0730 e. The van der Waals surface area contributed by atoms with Crippen LogP contribution in [-0.2, 0) is 4.74 Å². The number of hydrogen-bond acceptors (Lipinski definition) is 2. The van der Waals surface area contributed by atoms with E-state index in [9.17, 15) is 0 Å². The highest BCUT2D eigenvalue weighted by Crippen LogP contribution is 2.18. The van der Waals surface area contributed by atoms with Crippen LogP contribution in [0.25, 0.3) is 0 Å². The molecule has 0 spiro atoms. The van der Waals surface area contributed by atoms with Gasteiger partial charge < -0.3 is 10.5 Å². The summed E-state index contributed by atoms with van der Waals surface area (Å²) in [6.07, 6.45) is 8.12. The number of rotatable bonds is 3. The van der Waals surface area contributed by atoms with Gasteiger partial charge in [-0.3, -0.25) is 0 Å². The quantitative estimate of drug-likeness (QED) is 0.517. The van der Waals surface area contributed by atoms with E-state index in [-0.39, 0.29) is 12.1 Å². The van der Waals surface area contributed by atoms with Crippen LogP contribution >= 0.6 is 0 Å². The van der Waals surface area contributed by atoms with Crippen molar-refractivity contribution in [2.24, 2.45) is 5.73 Å². The molecule has 2 heteroatoms. The fourth-order valence-electron chi connectivity index (χ4n) is 1.70. The molecule has 1 saturated carbocycles. The lowest BCUT2D eigenvalue weighted by Crippen LogP contribution is -2.35. The van der Waals surface area contributed by atoms with Crippen molar-refractivity contribution in [3.05, 3.63) is 12.7 Å². The SMILES string of the molecule is C=CCOC1CCCCCC1N. The Bertz CT molecular complexity index is 136. The zero-order valence-corrected chi connectivity index (χ0v) is 7.67. The van der Waals surface area contributed by atoms with Crippen LogP contribution in [0, 0.1) is 0 Å². The smallest absolute Gasteiger partial charge is 0.0730 e. The Kier molecular flexibility index (Phi) is 4.33. The molecule has 0 heterocycles. The third kappa shape index (κ3) is 2.95. The average Bonchev–Trinajstić information content (AvgIpc) is 2.27. The lowest BCUT2D eigenvalue weighted by Gasteiger charge is -2.20. The molecule has 0 aromatic rings. The zero-order chi connectivity index (χ0) is 8.81. The van der Waals surface area contributed by atoms with Gasteiger partial charge in [-0.2, -0.15) is 0 Å². The summed E-state index contributed by atoms with van der Waals surface area (Å²) >= 11 is 0. The van der Waals surface area contributed by atoms with E-state index in [1.807, 2.05) is 0 Å². The first-order valence-corrected chi connectivity index (χ1v) is 4.82. The van der Waals surface area contributed by atoms with Crippen LogP contribution in [0.1, 0.15) is 32.1 Å². The van der Waals surface area contributed by atoms with Gasteiger partial charge in [-0.05, 0) is 12.8 Å². The topological polar surface area (TPSA) is 35.2 Å². The van der Waals surface area contributed by atoms with Gasteiger partial charge in [0.1, 0.15) is 0 Å². The summed E-state index contributed by atoms with van der Waals surface area (Å²) in [7, 11) is 0. The van der Waals surface area contributed by atoms with Gasteiger partial charge >= 0.3 is 0 Å². The van der Waals surface area contributed by atoms with Gasteiger partial charge in [0, 0.05) is 6.04 Å². The molecule has 0 aromatic carbocycles. The summed E-state index contributed by atoms with van der Waals surface area (Å²) < 4.78 is 5.58. The van der Waals surface area contributed by atoms with Gasteiger partial charge in [-0.25, -0.2) is 0 Å². The van der Waals surface area contributed by atoms with E-state index >= 15 is 0 Å². The molecule has 2 unspecified atom stereocenters. The van der Waals surface area contributed by atoms with E-state index < -0.39 is 0 Å². The standard InChI is InChI=1S/C10H19NO/c1-2-8-12-10-7-5-3-4-6-9(10)11/h2,9-10H,1,3-8,11H2. The van der Waals surface area contributed by atoms with Crippen molar-refractivity contribution in [2.45, 2.75) is 44.2 Å². The first-order chi connectivity index (χ1) is 5.84. The molecule has 0 amide bonds. The summed E-state index contributed by atoms with van der Waals surface area (Å²) in [5.41, 5.74) is 5.96. The monoisotopic (exact) mass is 169 g/mol. The lowest BCUT2D eigenvalue weighted by atomic mass is 10.1. The highest BCUT2D eigenvalue weighted by Gasteiger charge is 2.19. The fourth-order valence-corrected chi connectivity index (χ4v) is 1.70. The third-order valence-electron chi connectivity index (χ3n) is 2.43. The normalized spacial score (nSPS) is 31.1. The summed E-state index contributed by atoms with van der Waals surface area (Å²) in [4.78, 5) is 0. The molecule has 1 aliphatic rings. The molecule has 1 aliphatic carbocycles. The second-order valence-corrected chi connectivity index (χ2v) is 3.46. The van der Waals surface area contributed by atoms with E-state index in [2.05, 4.69) is 6.58 Å². The van der Waals surface area contributed by atoms with Gasteiger partial charge in [-0.1, -0.05) is 25.3 Å². The molecule has 0 aliphatic heterocycles. The van der Waals surface area contributed by atoms with Crippen molar-refractivity contribution < 1.29 is 4.74 Å².